The van der Waals surface area contributed by atoms with Gasteiger partial charge in [0.15, 0.2) is 0 Å². The molecule has 130 valence electrons. The third kappa shape index (κ3) is 5.46. The molecule has 1 saturated heterocycles. The van der Waals surface area contributed by atoms with Crippen molar-refractivity contribution in [1.29, 1.82) is 0 Å². The highest BCUT2D eigenvalue weighted by Gasteiger charge is 2.24. The number of hydrogen-bond acceptors (Lipinski definition) is 6. The summed E-state index contributed by atoms with van der Waals surface area (Å²) in [6.07, 6.45) is 4.31. The maximum Gasteiger partial charge on any atom is 0.350 e. The van der Waals surface area contributed by atoms with Crippen molar-refractivity contribution in [3.05, 3.63) is 16.3 Å². The van der Waals surface area contributed by atoms with Gasteiger partial charge in [-0.25, -0.2) is 4.79 Å². The van der Waals surface area contributed by atoms with Crippen LogP contribution in [0, 0.1) is 0 Å². The van der Waals surface area contributed by atoms with Crippen LogP contribution in [-0.2, 0) is 9.53 Å². The molecule has 3 N–H and O–H groups in total. The summed E-state index contributed by atoms with van der Waals surface area (Å²) >= 11 is 1.26. The number of ether oxygens (including phenoxy) is 1. The molecular weight excluding hydrogens is 338 g/mol. The minimum atomic E-state index is -0.427. The Balaban J connectivity index is 0.00000264. The second-order valence-corrected chi connectivity index (χ2v) is 6.32. The van der Waals surface area contributed by atoms with Crippen LogP contribution < -0.4 is 11.1 Å². The molecule has 0 spiro atoms. The highest BCUT2D eigenvalue weighted by atomic mass is 35.5. The third-order valence-corrected chi connectivity index (χ3v) is 4.80. The number of carbonyl (C=O) groups excluding carboxylic acids is 2. The number of likely N-dealkylation sites (tertiary alicyclic amines) is 1. The largest absolute Gasteiger partial charge is 0.465 e. The number of amides is 1. The summed E-state index contributed by atoms with van der Waals surface area (Å²) in [5.41, 5.74) is 6.18. The van der Waals surface area contributed by atoms with Crippen LogP contribution in [0.4, 0.5) is 5.69 Å². The Morgan fingerprint density at radius 1 is 1.48 bits per heavy atom. The molecular formula is C15H24ClN3O3S. The van der Waals surface area contributed by atoms with E-state index in [-0.39, 0.29) is 18.3 Å². The maximum absolute atomic E-state index is 12.3. The average molecular weight is 362 g/mol. The topological polar surface area (TPSA) is 84.7 Å². The van der Waals surface area contributed by atoms with Crippen LogP contribution in [0.2, 0.25) is 0 Å². The van der Waals surface area contributed by atoms with Gasteiger partial charge in [0.05, 0.1) is 19.3 Å². The van der Waals surface area contributed by atoms with E-state index in [4.69, 9.17) is 10.5 Å². The second kappa shape index (κ2) is 9.87. The summed E-state index contributed by atoms with van der Waals surface area (Å²) in [6, 6.07) is 2.11. The Labute approximate surface area is 146 Å². The molecule has 0 aliphatic carbocycles. The predicted molar refractivity (Wildman–Crippen MR) is 94.4 cm³/mol. The lowest BCUT2D eigenvalue weighted by Crippen LogP contribution is -2.44. The van der Waals surface area contributed by atoms with Gasteiger partial charge in [0.2, 0.25) is 5.91 Å². The fraction of sp³-hybridized carbons (Fsp3) is 0.600. The predicted octanol–water partition coefficient (Wildman–Crippen LogP) is 2.10. The van der Waals surface area contributed by atoms with E-state index < -0.39 is 5.97 Å². The van der Waals surface area contributed by atoms with Crippen molar-refractivity contribution in [1.82, 2.24) is 4.90 Å². The van der Waals surface area contributed by atoms with E-state index in [0.29, 0.717) is 29.7 Å². The Kier molecular flexibility index (Phi) is 8.54. The smallest absolute Gasteiger partial charge is 0.350 e. The van der Waals surface area contributed by atoms with Crippen LogP contribution in [0.1, 0.15) is 35.4 Å². The first-order valence-corrected chi connectivity index (χ1v) is 8.43. The second-order valence-electron chi connectivity index (χ2n) is 5.40. The summed E-state index contributed by atoms with van der Waals surface area (Å²) < 4.78 is 4.71. The number of esters is 1. The molecule has 1 fully saturated rings. The van der Waals surface area contributed by atoms with E-state index in [1.807, 2.05) is 0 Å². The van der Waals surface area contributed by atoms with Gasteiger partial charge in [-0.05, 0) is 43.8 Å². The summed E-state index contributed by atoms with van der Waals surface area (Å²) in [5, 5.41) is 4.58. The molecule has 8 heteroatoms. The molecule has 1 aliphatic rings. The molecule has 1 amide bonds. The summed E-state index contributed by atoms with van der Waals surface area (Å²) in [7, 11) is 1.33. The molecule has 1 unspecified atom stereocenters. The van der Waals surface area contributed by atoms with Crippen LogP contribution in [0.3, 0.4) is 0 Å². The van der Waals surface area contributed by atoms with Gasteiger partial charge in [-0.2, -0.15) is 0 Å². The number of hydrogen-bond donors (Lipinski definition) is 2. The van der Waals surface area contributed by atoms with E-state index >= 15 is 0 Å². The summed E-state index contributed by atoms with van der Waals surface area (Å²) in [6.45, 7) is 1.90. The van der Waals surface area contributed by atoms with Crippen molar-refractivity contribution in [2.24, 2.45) is 5.73 Å². The van der Waals surface area contributed by atoms with Gasteiger partial charge in [0, 0.05) is 6.04 Å². The lowest BCUT2D eigenvalue weighted by atomic mass is 9.99. The average Bonchev–Trinajstić information content (AvgIpc) is 2.96. The van der Waals surface area contributed by atoms with Gasteiger partial charge in [-0.15, -0.1) is 23.7 Å². The molecule has 1 atom stereocenters. The summed E-state index contributed by atoms with van der Waals surface area (Å²) in [4.78, 5) is 26.5. The van der Waals surface area contributed by atoms with Crippen molar-refractivity contribution in [2.45, 2.75) is 31.7 Å². The quantitative estimate of drug-likeness (QED) is 0.758. The number of carbonyl (C=O) groups is 2. The Bertz CT molecular complexity index is 522. The zero-order valence-electron chi connectivity index (χ0n) is 13.2. The number of nitrogens with two attached hydrogens (primary N) is 1. The van der Waals surface area contributed by atoms with Crippen molar-refractivity contribution < 1.29 is 14.3 Å². The zero-order chi connectivity index (χ0) is 15.9. The number of halogens is 1. The van der Waals surface area contributed by atoms with E-state index in [9.17, 15) is 9.59 Å². The highest BCUT2D eigenvalue weighted by molar-refractivity contribution is 7.12. The molecule has 1 aliphatic heterocycles. The van der Waals surface area contributed by atoms with E-state index in [1.54, 1.807) is 11.4 Å². The van der Waals surface area contributed by atoms with Gasteiger partial charge in [-0.3, -0.25) is 9.69 Å². The standard InChI is InChI=1S/C15H23N3O3S.ClH/c1-21-15(20)14-12(6-9-22-14)17-13(19)10-18-8-3-2-4-11(18)5-7-16;/h6,9,11H,2-5,7-8,10,16H2,1H3,(H,17,19);1H. The number of rotatable bonds is 6. The van der Waals surface area contributed by atoms with Crippen LogP contribution in [0.15, 0.2) is 11.4 Å². The number of piperidine rings is 1. The Hall–Kier alpha value is -1.15. The molecule has 0 aromatic carbocycles. The maximum atomic E-state index is 12.3. The first-order valence-electron chi connectivity index (χ1n) is 7.55. The van der Waals surface area contributed by atoms with Crippen molar-refractivity contribution in [2.75, 3.05) is 32.1 Å². The molecule has 2 heterocycles. The van der Waals surface area contributed by atoms with E-state index in [2.05, 4.69) is 10.2 Å². The Morgan fingerprint density at radius 3 is 2.96 bits per heavy atom. The first-order chi connectivity index (χ1) is 10.7. The van der Waals surface area contributed by atoms with Crippen molar-refractivity contribution in [3.8, 4) is 0 Å². The lowest BCUT2D eigenvalue weighted by Gasteiger charge is -2.35. The van der Waals surface area contributed by atoms with Gasteiger partial charge >= 0.3 is 5.97 Å². The van der Waals surface area contributed by atoms with Gasteiger partial charge < -0.3 is 15.8 Å². The van der Waals surface area contributed by atoms with Crippen LogP contribution in [-0.4, -0.2) is 49.6 Å². The third-order valence-electron chi connectivity index (χ3n) is 3.91. The number of thiophene rings is 1. The fourth-order valence-corrected chi connectivity index (χ4v) is 3.59. The van der Waals surface area contributed by atoms with Gasteiger partial charge in [0.1, 0.15) is 4.88 Å². The molecule has 0 bridgehead atoms. The zero-order valence-corrected chi connectivity index (χ0v) is 14.9. The molecule has 1 aromatic rings. The number of anilines is 1. The monoisotopic (exact) mass is 361 g/mol. The van der Waals surface area contributed by atoms with Crippen LogP contribution in [0.25, 0.3) is 0 Å². The van der Waals surface area contributed by atoms with E-state index in [1.165, 1.54) is 24.9 Å². The number of nitrogens with one attached hydrogen (secondary N) is 1. The minimum Gasteiger partial charge on any atom is -0.465 e. The van der Waals surface area contributed by atoms with Crippen LogP contribution >= 0.6 is 23.7 Å². The normalized spacial score (nSPS) is 18.1. The SMILES string of the molecule is COC(=O)c1sccc1NC(=O)CN1CCCCC1CCN.Cl. The molecule has 1 aromatic heterocycles. The molecule has 2 rings (SSSR count). The number of methoxy groups -OCH3 is 1. The molecule has 0 saturated carbocycles. The summed E-state index contributed by atoms with van der Waals surface area (Å²) in [5.74, 6) is -0.531. The van der Waals surface area contributed by atoms with Gasteiger partial charge in [0.25, 0.3) is 0 Å². The van der Waals surface area contributed by atoms with Crippen molar-refractivity contribution in [3.63, 3.8) is 0 Å². The molecule has 0 radical (unpaired) electrons. The van der Waals surface area contributed by atoms with E-state index in [0.717, 1.165) is 25.8 Å². The van der Waals surface area contributed by atoms with Crippen LogP contribution in [0.5, 0.6) is 0 Å². The lowest BCUT2D eigenvalue weighted by molar-refractivity contribution is -0.118. The fourth-order valence-electron chi connectivity index (χ4n) is 2.82. The Morgan fingerprint density at radius 2 is 2.26 bits per heavy atom. The highest BCUT2D eigenvalue weighted by Crippen LogP contribution is 2.24. The van der Waals surface area contributed by atoms with Gasteiger partial charge in [-0.1, -0.05) is 6.42 Å². The first kappa shape index (κ1) is 19.9. The number of nitrogens with zero attached hydrogens (tertiary/aromatic N) is 1. The van der Waals surface area contributed by atoms with Crippen molar-refractivity contribution >= 4 is 41.3 Å². The molecule has 23 heavy (non-hydrogen) atoms. The molecule has 6 nitrogen and oxygen atoms in total. The minimum absolute atomic E-state index is 0.